The van der Waals surface area contributed by atoms with Crippen LogP contribution in [0.25, 0.3) is 11.4 Å². The number of benzene rings is 2. The van der Waals surface area contributed by atoms with Crippen molar-refractivity contribution >= 4 is 23.9 Å². The minimum atomic E-state index is -1.11. The van der Waals surface area contributed by atoms with E-state index >= 15 is 0 Å². The molecule has 3 heterocycles. The Morgan fingerprint density at radius 2 is 1.54 bits per heavy atom. The molecule has 2 N–H and O–H groups in total. The molecule has 0 bridgehead atoms. The van der Waals surface area contributed by atoms with Gasteiger partial charge in [0.25, 0.3) is 5.91 Å². The van der Waals surface area contributed by atoms with Crippen LogP contribution in [0.1, 0.15) is 48.7 Å². The number of nitrogens with one attached hydrogen (secondary N) is 1. The van der Waals surface area contributed by atoms with E-state index in [1.54, 1.807) is 6.92 Å². The first kappa shape index (κ1) is 34.3. The number of carbonyl (C=O) groups is 4. The quantitative estimate of drug-likeness (QED) is 0.296. The molecular formula is C35H42N6O7. The third kappa shape index (κ3) is 9.50. The highest BCUT2D eigenvalue weighted by Crippen LogP contribution is 2.23. The maximum absolute atomic E-state index is 13.7. The molecule has 2 saturated heterocycles. The summed E-state index contributed by atoms with van der Waals surface area (Å²) >= 11 is 0. The number of carboxylic acids is 1. The molecule has 3 aromatic rings. The molecule has 254 valence electrons. The van der Waals surface area contributed by atoms with Crippen LogP contribution < -0.4 is 10.1 Å². The highest BCUT2D eigenvalue weighted by atomic mass is 16.6. The third-order valence-electron chi connectivity index (χ3n) is 8.41. The van der Waals surface area contributed by atoms with Gasteiger partial charge >= 0.3 is 12.1 Å². The summed E-state index contributed by atoms with van der Waals surface area (Å²) in [5, 5.41) is 12.1. The Labute approximate surface area is 279 Å². The van der Waals surface area contributed by atoms with Crippen molar-refractivity contribution < 1.29 is 33.8 Å². The molecule has 2 fully saturated rings. The standard InChI is InChI=1S/C35H42N6O7/c1-2-47-35(46)41-21-19-40(20-22-41)34(45)28(13-14-31(42)43)37-33(44)29-23-30(38-32(36-29)26-11-7-4-8-12-26)48-27-15-17-39(18-16-27)24-25-9-5-3-6-10-25/h3-12,23,27-28H,2,13-22,24H2,1H3,(H,37,44)(H,42,43). The molecule has 3 amide bonds. The van der Waals surface area contributed by atoms with Gasteiger partial charge in [0.2, 0.25) is 11.8 Å². The Morgan fingerprint density at radius 1 is 0.896 bits per heavy atom. The van der Waals surface area contributed by atoms with Crippen LogP contribution in [0.4, 0.5) is 4.79 Å². The number of aromatic nitrogens is 2. The van der Waals surface area contributed by atoms with Gasteiger partial charge < -0.3 is 29.7 Å². The third-order valence-corrected chi connectivity index (χ3v) is 8.41. The van der Waals surface area contributed by atoms with Crippen molar-refractivity contribution in [3.05, 3.63) is 78.0 Å². The monoisotopic (exact) mass is 658 g/mol. The first-order valence-corrected chi connectivity index (χ1v) is 16.4. The molecule has 1 aromatic heterocycles. The summed E-state index contributed by atoms with van der Waals surface area (Å²) < 4.78 is 11.4. The van der Waals surface area contributed by atoms with Crippen molar-refractivity contribution in [2.45, 2.75) is 51.3 Å². The van der Waals surface area contributed by atoms with Crippen LogP contribution in [-0.4, -0.2) is 112 Å². The Hall–Kier alpha value is -5.04. The van der Waals surface area contributed by atoms with Gasteiger partial charge in [0.1, 0.15) is 17.8 Å². The van der Waals surface area contributed by atoms with Crippen molar-refractivity contribution in [1.82, 2.24) is 30.0 Å². The molecule has 0 aliphatic carbocycles. The second kappa shape index (κ2) is 16.7. The molecule has 0 saturated carbocycles. The molecule has 2 aliphatic rings. The first-order chi connectivity index (χ1) is 23.3. The lowest BCUT2D eigenvalue weighted by Crippen LogP contribution is -2.56. The van der Waals surface area contributed by atoms with Gasteiger partial charge in [0.05, 0.1) is 6.61 Å². The van der Waals surface area contributed by atoms with Gasteiger partial charge in [-0.3, -0.25) is 19.3 Å². The lowest BCUT2D eigenvalue weighted by atomic mass is 10.1. The van der Waals surface area contributed by atoms with Crippen LogP contribution in [0.3, 0.4) is 0 Å². The summed E-state index contributed by atoms with van der Waals surface area (Å²) in [6, 6.07) is 19.9. The Balaban J connectivity index is 1.29. The molecule has 13 nitrogen and oxygen atoms in total. The number of aliphatic carboxylic acids is 1. The Kier molecular flexibility index (Phi) is 11.9. The van der Waals surface area contributed by atoms with Gasteiger partial charge in [-0.15, -0.1) is 0 Å². The number of hydrogen-bond acceptors (Lipinski definition) is 9. The number of carbonyl (C=O) groups excluding carboxylic acids is 3. The van der Waals surface area contributed by atoms with Crippen LogP contribution in [0.5, 0.6) is 5.88 Å². The number of rotatable bonds is 12. The zero-order chi connectivity index (χ0) is 33.9. The number of piperidine rings is 1. The van der Waals surface area contributed by atoms with Crippen molar-refractivity contribution in [2.75, 3.05) is 45.9 Å². The zero-order valence-electron chi connectivity index (χ0n) is 27.1. The fourth-order valence-corrected chi connectivity index (χ4v) is 5.82. The molecular weight excluding hydrogens is 616 g/mol. The Morgan fingerprint density at radius 3 is 2.19 bits per heavy atom. The van der Waals surface area contributed by atoms with Crippen LogP contribution in [-0.2, 0) is 20.9 Å². The topological polar surface area (TPSA) is 154 Å². The smallest absolute Gasteiger partial charge is 0.409 e. The lowest BCUT2D eigenvalue weighted by Gasteiger charge is -2.35. The van der Waals surface area contributed by atoms with Crippen LogP contribution in [0, 0.1) is 0 Å². The largest absolute Gasteiger partial charge is 0.481 e. The molecule has 2 aromatic carbocycles. The molecule has 0 radical (unpaired) electrons. The highest BCUT2D eigenvalue weighted by Gasteiger charge is 2.31. The second-order valence-corrected chi connectivity index (χ2v) is 11.8. The second-order valence-electron chi connectivity index (χ2n) is 11.8. The summed E-state index contributed by atoms with van der Waals surface area (Å²) in [7, 11) is 0. The van der Waals surface area contributed by atoms with Crippen molar-refractivity contribution in [3.8, 4) is 17.3 Å². The molecule has 0 spiro atoms. The van der Waals surface area contributed by atoms with Gasteiger partial charge in [-0.25, -0.2) is 9.78 Å². The van der Waals surface area contributed by atoms with E-state index in [0.29, 0.717) is 11.4 Å². The first-order valence-electron chi connectivity index (χ1n) is 16.4. The van der Waals surface area contributed by atoms with Gasteiger partial charge in [0, 0.05) is 63.9 Å². The maximum atomic E-state index is 13.7. The maximum Gasteiger partial charge on any atom is 0.409 e. The molecule has 13 heteroatoms. The van der Waals surface area contributed by atoms with E-state index in [2.05, 4.69) is 32.3 Å². The van der Waals surface area contributed by atoms with E-state index < -0.39 is 29.9 Å². The minimum absolute atomic E-state index is 0.000576. The van der Waals surface area contributed by atoms with E-state index in [1.807, 2.05) is 48.5 Å². The normalized spacial score (nSPS) is 16.2. The number of hydrogen-bond donors (Lipinski definition) is 2. The van der Waals surface area contributed by atoms with Gasteiger partial charge in [-0.05, 0) is 31.7 Å². The van der Waals surface area contributed by atoms with Gasteiger partial charge in [-0.2, -0.15) is 4.98 Å². The van der Waals surface area contributed by atoms with Crippen LogP contribution in [0.2, 0.25) is 0 Å². The number of likely N-dealkylation sites (tertiary alicyclic amines) is 1. The van der Waals surface area contributed by atoms with E-state index in [4.69, 9.17) is 9.47 Å². The summed E-state index contributed by atoms with van der Waals surface area (Å²) in [5.41, 5.74) is 1.95. The minimum Gasteiger partial charge on any atom is -0.481 e. The number of carboxylic acid groups (broad SMARTS) is 1. The van der Waals surface area contributed by atoms with Crippen molar-refractivity contribution in [3.63, 3.8) is 0 Å². The van der Waals surface area contributed by atoms with E-state index in [-0.39, 0.29) is 63.3 Å². The van der Waals surface area contributed by atoms with Gasteiger partial charge in [0.15, 0.2) is 5.82 Å². The molecule has 2 aliphatic heterocycles. The molecule has 5 rings (SSSR count). The van der Waals surface area contributed by atoms with Crippen LogP contribution >= 0.6 is 0 Å². The zero-order valence-corrected chi connectivity index (χ0v) is 27.1. The fourth-order valence-electron chi connectivity index (χ4n) is 5.82. The fraction of sp³-hybridized carbons (Fsp3) is 0.429. The van der Waals surface area contributed by atoms with Crippen molar-refractivity contribution in [2.24, 2.45) is 0 Å². The summed E-state index contributed by atoms with van der Waals surface area (Å²) in [5.74, 6) is -1.62. The lowest BCUT2D eigenvalue weighted by molar-refractivity contribution is -0.138. The van der Waals surface area contributed by atoms with Crippen molar-refractivity contribution in [1.29, 1.82) is 0 Å². The number of amides is 3. The highest BCUT2D eigenvalue weighted by molar-refractivity contribution is 5.96. The SMILES string of the molecule is CCOC(=O)N1CCN(C(=O)C(CCC(=O)O)NC(=O)c2cc(OC3CCN(Cc4ccccc4)CC3)nc(-c3ccccc3)n2)CC1. The molecule has 48 heavy (non-hydrogen) atoms. The Bertz CT molecular complexity index is 1540. The average molecular weight is 659 g/mol. The predicted octanol–water partition coefficient (Wildman–Crippen LogP) is 3.45. The predicted molar refractivity (Wildman–Crippen MR) is 176 cm³/mol. The van der Waals surface area contributed by atoms with E-state index in [0.717, 1.165) is 32.5 Å². The summed E-state index contributed by atoms with van der Waals surface area (Å²) in [6.45, 7) is 5.53. The summed E-state index contributed by atoms with van der Waals surface area (Å²) in [6.07, 6.45) is 0.580. The van der Waals surface area contributed by atoms with E-state index in [1.165, 1.54) is 21.4 Å². The molecule has 1 unspecified atom stereocenters. The van der Waals surface area contributed by atoms with E-state index in [9.17, 15) is 24.3 Å². The molecule has 1 atom stereocenters. The van der Waals surface area contributed by atoms with Crippen LogP contribution in [0.15, 0.2) is 66.7 Å². The summed E-state index contributed by atoms with van der Waals surface area (Å²) in [4.78, 5) is 65.4. The average Bonchev–Trinajstić information content (AvgIpc) is 3.11. The number of nitrogens with zero attached hydrogens (tertiary/aromatic N) is 5. The number of ether oxygens (including phenoxy) is 2. The number of piperazine rings is 1. The van der Waals surface area contributed by atoms with Gasteiger partial charge in [-0.1, -0.05) is 60.7 Å².